The molecule has 0 aliphatic rings. The Bertz CT molecular complexity index is 714. The highest BCUT2D eigenvalue weighted by Gasteiger charge is 2.23. The second kappa shape index (κ2) is 7.57. The molecule has 0 saturated carbocycles. The Balaban J connectivity index is 2.18. The summed E-state index contributed by atoms with van der Waals surface area (Å²) in [5, 5.41) is 12.1. The van der Waals surface area contributed by atoms with Gasteiger partial charge in [0.15, 0.2) is 0 Å². The van der Waals surface area contributed by atoms with Crippen molar-refractivity contribution in [2.75, 3.05) is 0 Å². The van der Waals surface area contributed by atoms with Gasteiger partial charge in [-0.1, -0.05) is 23.7 Å². The topological polar surface area (TPSA) is 79.3 Å². The van der Waals surface area contributed by atoms with Crippen molar-refractivity contribution in [3.63, 3.8) is 0 Å². The van der Waals surface area contributed by atoms with Gasteiger partial charge in [-0.15, -0.1) is 0 Å². The van der Waals surface area contributed by atoms with Gasteiger partial charge in [0.1, 0.15) is 6.04 Å². The number of carboxylic acid groups (broad SMARTS) is 1. The third-order valence-electron chi connectivity index (χ3n) is 3.25. The van der Waals surface area contributed by atoms with Crippen LogP contribution in [0.2, 0.25) is 5.02 Å². The van der Waals surface area contributed by atoms with E-state index in [1.807, 2.05) is 0 Å². The molecule has 2 aromatic rings. The smallest absolute Gasteiger partial charge is 0.326 e. The Morgan fingerprint density at radius 3 is 2.65 bits per heavy atom. The summed E-state index contributed by atoms with van der Waals surface area (Å²) in [5.74, 6) is -1.65. The van der Waals surface area contributed by atoms with E-state index in [9.17, 15) is 14.7 Å². The van der Waals surface area contributed by atoms with Crippen molar-refractivity contribution in [1.29, 1.82) is 0 Å². The van der Waals surface area contributed by atoms with Crippen LogP contribution in [0.1, 0.15) is 21.6 Å². The number of carboxylic acids is 1. The first kappa shape index (κ1) is 17.4. The van der Waals surface area contributed by atoms with Gasteiger partial charge in [-0.3, -0.25) is 9.78 Å². The van der Waals surface area contributed by atoms with Crippen molar-refractivity contribution in [2.24, 2.45) is 0 Å². The minimum atomic E-state index is -1.13. The molecule has 23 heavy (non-hydrogen) atoms. The van der Waals surface area contributed by atoms with Crippen molar-refractivity contribution in [3.05, 3.63) is 62.8 Å². The molecule has 0 bridgehead atoms. The summed E-state index contributed by atoms with van der Waals surface area (Å²) in [4.78, 5) is 27.9. The zero-order valence-corrected chi connectivity index (χ0v) is 14.6. The first-order chi connectivity index (χ1) is 10.9. The predicted octanol–water partition coefficient (Wildman–Crippen LogP) is 3.23. The Kier molecular flexibility index (Phi) is 5.74. The van der Waals surface area contributed by atoms with Crippen LogP contribution in [0.15, 0.2) is 41.0 Å². The van der Waals surface area contributed by atoms with Crippen LogP contribution >= 0.6 is 27.5 Å². The van der Waals surface area contributed by atoms with Crippen LogP contribution in [0.3, 0.4) is 0 Å². The van der Waals surface area contributed by atoms with Crippen LogP contribution in [-0.4, -0.2) is 28.0 Å². The molecule has 1 aromatic carbocycles. The Labute approximate surface area is 146 Å². The van der Waals surface area contributed by atoms with E-state index in [1.165, 1.54) is 0 Å². The lowest BCUT2D eigenvalue weighted by atomic mass is 10.1. The van der Waals surface area contributed by atoms with Gasteiger partial charge in [-0.25, -0.2) is 4.79 Å². The quantitative estimate of drug-likeness (QED) is 0.812. The molecule has 2 rings (SSSR count). The van der Waals surface area contributed by atoms with Gasteiger partial charge in [0.25, 0.3) is 5.91 Å². The molecular weight excluding hydrogens is 384 g/mol. The number of hydrogen-bond donors (Lipinski definition) is 2. The number of aliphatic carboxylic acids is 1. The average Bonchev–Trinajstić information content (AvgIpc) is 2.48. The minimum Gasteiger partial charge on any atom is -0.480 e. The maximum absolute atomic E-state index is 12.4. The summed E-state index contributed by atoms with van der Waals surface area (Å²) in [7, 11) is 0. The van der Waals surface area contributed by atoms with Gasteiger partial charge in [0, 0.05) is 22.8 Å². The molecule has 1 unspecified atom stereocenters. The van der Waals surface area contributed by atoms with E-state index in [-0.39, 0.29) is 17.0 Å². The second-order valence-corrected chi connectivity index (χ2v) is 6.29. The Hall–Kier alpha value is -1.92. The number of nitrogens with one attached hydrogen (secondary N) is 1. The van der Waals surface area contributed by atoms with E-state index < -0.39 is 17.9 Å². The highest BCUT2D eigenvalue weighted by Crippen LogP contribution is 2.19. The molecule has 0 radical (unpaired) electrons. The van der Waals surface area contributed by atoms with E-state index in [0.29, 0.717) is 11.3 Å². The maximum atomic E-state index is 12.4. The number of carbonyl (C=O) groups is 2. The monoisotopic (exact) mass is 396 g/mol. The zero-order chi connectivity index (χ0) is 17.0. The number of aromatic nitrogens is 1. The van der Waals surface area contributed by atoms with E-state index in [1.54, 1.807) is 43.5 Å². The van der Waals surface area contributed by atoms with Crippen LogP contribution < -0.4 is 5.32 Å². The molecule has 1 amide bonds. The zero-order valence-electron chi connectivity index (χ0n) is 12.2. The van der Waals surface area contributed by atoms with Gasteiger partial charge in [-0.2, -0.15) is 0 Å². The van der Waals surface area contributed by atoms with Crippen molar-refractivity contribution in [3.8, 4) is 0 Å². The number of amides is 1. The second-order valence-electron chi connectivity index (χ2n) is 4.97. The number of nitrogens with zero attached hydrogens (tertiary/aromatic N) is 1. The van der Waals surface area contributed by atoms with Crippen molar-refractivity contribution >= 4 is 39.4 Å². The van der Waals surface area contributed by atoms with Gasteiger partial charge in [0.05, 0.1) is 10.6 Å². The first-order valence-electron chi connectivity index (χ1n) is 6.77. The predicted molar refractivity (Wildman–Crippen MR) is 90.7 cm³/mol. The van der Waals surface area contributed by atoms with Crippen molar-refractivity contribution in [2.45, 2.75) is 19.4 Å². The van der Waals surface area contributed by atoms with Gasteiger partial charge >= 0.3 is 5.97 Å². The highest BCUT2D eigenvalue weighted by atomic mass is 79.9. The molecule has 1 atom stereocenters. The van der Waals surface area contributed by atoms with Crippen LogP contribution in [0.4, 0.5) is 0 Å². The Morgan fingerprint density at radius 2 is 2.09 bits per heavy atom. The molecule has 0 aliphatic carbocycles. The molecule has 0 spiro atoms. The molecule has 0 fully saturated rings. The fourth-order valence-corrected chi connectivity index (χ4v) is 2.63. The fourth-order valence-electron chi connectivity index (χ4n) is 2.09. The fraction of sp³-hybridized carbons (Fsp3) is 0.188. The minimum absolute atomic E-state index is 0.0812. The number of aryl methyl sites for hydroxylation is 1. The molecular formula is C16H14BrClN2O3. The summed E-state index contributed by atoms with van der Waals surface area (Å²) in [5.41, 5.74) is 1.53. The molecule has 5 nitrogen and oxygen atoms in total. The maximum Gasteiger partial charge on any atom is 0.326 e. The third kappa shape index (κ3) is 4.53. The van der Waals surface area contributed by atoms with E-state index in [0.717, 1.165) is 4.47 Å². The molecule has 7 heteroatoms. The molecule has 0 saturated heterocycles. The van der Waals surface area contributed by atoms with Crippen LogP contribution in [0, 0.1) is 6.92 Å². The largest absolute Gasteiger partial charge is 0.480 e. The number of hydrogen-bond acceptors (Lipinski definition) is 3. The molecule has 120 valence electrons. The van der Waals surface area contributed by atoms with Gasteiger partial charge < -0.3 is 10.4 Å². The lowest BCUT2D eigenvalue weighted by molar-refractivity contribution is -0.139. The number of rotatable bonds is 5. The molecule has 1 heterocycles. The lowest BCUT2D eigenvalue weighted by Gasteiger charge is -2.16. The summed E-state index contributed by atoms with van der Waals surface area (Å²) < 4.78 is 0.795. The average molecular weight is 398 g/mol. The van der Waals surface area contributed by atoms with E-state index in [4.69, 9.17) is 11.6 Å². The summed E-state index contributed by atoms with van der Waals surface area (Å²) in [6.45, 7) is 1.74. The number of halogens is 2. The third-order valence-corrected chi connectivity index (χ3v) is 4.04. The first-order valence-corrected chi connectivity index (χ1v) is 7.95. The summed E-state index contributed by atoms with van der Waals surface area (Å²) >= 11 is 9.30. The molecule has 2 N–H and O–H groups in total. The van der Waals surface area contributed by atoms with Gasteiger partial charge in [-0.05, 0) is 46.6 Å². The van der Waals surface area contributed by atoms with Crippen molar-refractivity contribution < 1.29 is 14.7 Å². The number of benzene rings is 1. The summed E-state index contributed by atoms with van der Waals surface area (Å²) in [6, 6.07) is 7.44. The lowest BCUT2D eigenvalue weighted by Crippen LogP contribution is -2.42. The summed E-state index contributed by atoms with van der Waals surface area (Å²) in [6.07, 6.45) is 1.66. The SMILES string of the molecule is Cc1cccc(Cl)c1C(=O)NC(Cc1ccc(Br)cn1)C(=O)O. The standard InChI is InChI=1S/C16H14BrClN2O3/c1-9-3-2-4-12(18)14(9)15(21)20-13(16(22)23)7-11-6-5-10(17)8-19-11/h2-6,8,13H,7H2,1H3,(H,20,21)(H,22,23). The number of pyridine rings is 1. The van der Waals surface area contributed by atoms with E-state index >= 15 is 0 Å². The molecule has 0 aliphatic heterocycles. The van der Waals surface area contributed by atoms with Crippen molar-refractivity contribution in [1.82, 2.24) is 10.3 Å². The van der Waals surface area contributed by atoms with Crippen LogP contribution in [0.25, 0.3) is 0 Å². The number of carbonyl (C=O) groups excluding carboxylic acids is 1. The van der Waals surface area contributed by atoms with E-state index in [2.05, 4.69) is 26.2 Å². The normalized spacial score (nSPS) is 11.8. The van der Waals surface area contributed by atoms with Crippen LogP contribution in [-0.2, 0) is 11.2 Å². The van der Waals surface area contributed by atoms with Crippen LogP contribution in [0.5, 0.6) is 0 Å². The highest BCUT2D eigenvalue weighted by molar-refractivity contribution is 9.10. The molecule has 1 aromatic heterocycles. The Morgan fingerprint density at radius 1 is 1.35 bits per heavy atom. The van der Waals surface area contributed by atoms with Gasteiger partial charge in [0.2, 0.25) is 0 Å².